The van der Waals surface area contributed by atoms with Gasteiger partial charge in [0.05, 0.1) is 5.39 Å². The lowest BCUT2D eigenvalue weighted by atomic mass is 9.89. The van der Waals surface area contributed by atoms with Crippen molar-refractivity contribution in [3.05, 3.63) is 45.3 Å². The van der Waals surface area contributed by atoms with Crippen molar-refractivity contribution in [1.82, 2.24) is 24.6 Å². The Balaban J connectivity index is 1.84. The van der Waals surface area contributed by atoms with Gasteiger partial charge in [-0.25, -0.2) is 9.78 Å². The summed E-state index contributed by atoms with van der Waals surface area (Å²) in [5.41, 5.74) is 2.39. The molecule has 4 aromatic rings. The number of pyridine rings is 1. The van der Waals surface area contributed by atoms with E-state index in [2.05, 4.69) is 27.0 Å². The molecule has 1 aliphatic rings. The van der Waals surface area contributed by atoms with Crippen LogP contribution < -0.4 is 5.69 Å². The first-order valence-corrected chi connectivity index (χ1v) is 8.87. The molecular weight excluding hydrogens is 322 g/mol. The van der Waals surface area contributed by atoms with Crippen molar-refractivity contribution in [2.45, 2.75) is 26.2 Å². The number of H-pyrrole nitrogens is 1. The van der Waals surface area contributed by atoms with Crippen LogP contribution in [0.1, 0.15) is 23.8 Å². The minimum Gasteiger partial charge on any atom is -0.297 e. The van der Waals surface area contributed by atoms with Gasteiger partial charge in [0.25, 0.3) is 0 Å². The Labute approximate surface area is 141 Å². The molecule has 24 heavy (non-hydrogen) atoms. The Morgan fingerprint density at radius 1 is 1.38 bits per heavy atom. The van der Waals surface area contributed by atoms with Gasteiger partial charge in [-0.15, -0.1) is 16.4 Å². The van der Waals surface area contributed by atoms with Gasteiger partial charge in [-0.05, 0) is 42.9 Å². The lowest BCUT2D eigenvalue weighted by Crippen LogP contribution is -2.17. The van der Waals surface area contributed by atoms with E-state index in [4.69, 9.17) is 0 Å². The second kappa shape index (κ2) is 4.98. The summed E-state index contributed by atoms with van der Waals surface area (Å²) in [6.07, 6.45) is 4.98. The zero-order valence-corrected chi connectivity index (χ0v) is 13.9. The summed E-state index contributed by atoms with van der Waals surface area (Å²) in [7, 11) is 0. The number of hydrogen-bond donors (Lipinski definition) is 1. The number of nitrogens with one attached hydrogen (secondary N) is 1. The standard InChI is InChI=1S/C17H15N5OS/c1-9-5-6-10-12(8-9)24-16-13(10)15-19-14(11-4-2-3-7-18-11)21-22(15)17(23)20-16/h2-4,7,9H,5-6,8H2,1H3,(H,20,23). The molecule has 0 aliphatic heterocycles. The summed E-state index contributed by atoms with van der Waals surface area (Å²) in [6, 6.07) is 5.59. The maximum atomic E-state index is 12.4. The van der Waals surface area contributed by atoms with Gasteiger partial charge in [0, 0.05) is 11.1 Å². The van der Waals surface area contributed by atoms with Gasteiger partial charge in [-0.1, -0.05) is 13.0 Å². The summed E-state index contributed by atoms with van der Waals surface area (Å²) in [6.45, 7) is 2.28. The maximum absolute atomic E-state index is 12.4. The molecule has 6 nitrogen and oxygen atoms in total. The van der Waals surface area contributed by atoms with Crippen molar-refractivity contribution in [2.75, 3.05) is 0 Å². The van der Waals surface area contributed by atoms with Gasteiger partial charge in [0.15, 0.2) is 5.65 Å². The van der Waals surface area contributed by atoms with Crippen LogP contribution in [0.15, 0.2) is 29.2 Å². The second-order valence-corrected chi connectivity index (χ2v) is 7.48. The Morgan fingerprint density at radius 3 is 3.12 bits per heavy atom. The van der Waals surface area contributed by atoms with Gasteiger partial charge < -0.3 is 0 Å². The molecule has 0 amide bonds. The molecule has 0 fully saturated rings. The van der Waals surface area contributed by atoms with Crippen molar-refractivity contribution in [1.29, 1.82) is 0 Å². The monoisotopic (exact) mass is 337 g/mol. The fraction of sp³-hybridized carbons (Fsp3) is 0.294. The summed E-state index contributed by atoms with van der Waals surface area (Å²) in [5.74, 6) is 1.17. The Morgan fingerprint density at radius 2 is 2.29 bits per heavy atom. The zero-order valence-electron chi connectivity index (χ0n) is 13.1. The number of aromatic amines is 1. The molecule has 0 aromatic carbocycles. The molecule has 1 aliphatic carbocycles. The van der Waals surface area contributed by atoms with Gasteiger partial charge in [-0.2, -0.15) is 4.52 Å². The van der Waals surface area contributed by atoms with E-state index < -0.39 is 0 Å². The largest absolute Gasteiger partial charge is 0.349 e. The molecule has 4 heterocycles. The third-order valence-electron chi connectivity index (χ3n) is 4.65. The molecule has 7 heteroatoms. The molecule has 0 radical (unpaired) electrons. The van der Waals surface area contributed by atoms with Crippen molar-refractivity contribution < 1.29 is 0 Å². The Bertz CT molecular complexity index is 1120. The normalized spacial score (nSPS) is 17.5. The highest BCUT2D eigenvalue weighted by Crippen LogP contribution is 2.38. The average molecular weight is 337 g/mol. The third-order valence-corrected chi connectivity index (χ3v) is 5.82. The number of thiophene rings is 1. The number of aromatic nitrogens is 5. The molecule has 1 atom stereocenters. The molecular formula is C17H15N5OS. The van der Waals surface area contributed by atoms with Gasteiger partial charge >= 0.3 is 5.69 Å². The lowest BCUT2D eigenvalue weighted by molar-refractivity contribution is 0.509. The molecule has 0 saturated carbocycles. The van der Waals surface area contributed by atoms with E-state index in [-0.39, 0.29) is 5.69 Å². The molecule has 0 saturated heterocycles. The predicted octanol–water partition coefficient (Wildman–Crippen LogP) is 2.82. The van der Waals surface area contributed by atoms with Crippen molar-refractivity contribution in [3.8, 4) is 11.5 Å². The number of nitrogens with zero attached hydrogens (tertiary/aromatic N) is 4. The average Bonchev–Trinajstić information content (AvgIpc) is 3.16. The van der Waals surface area contributed by atoms with Crippen LogP contribution in [0, 0.1) is 5.92 Å². The fourth-order valence-corrected chi connectivity index (χ4v) is 4.84. The van der Waals surface area contributed by atoms with E-state index in [1.807, 2.05) is 18.2 Å². The van der Waals surface area contributed by atoms with E-state index in [0.29, 0.717) is 23.1 Å². The predicted molar refractivity (Wildman–Crippen MR) is 93.4 cm³/mol. The highest BCUT2D eigenvalue weighted by Gasteiger charge is 2.24. The van der Waals surface area contributed by atoms with Crippen LogP contribution in [0.25, 0.3) is 27.4 Å². The highest BCUT2D eigenvalue weighted by molar-refractivity contribution is 7.19. The van der Waals surface area contributed by atoms with Crippen molar-refractivity contribution in [2.24, 2.45) is 5.92 Å². The molecule has 4 aromatic heterocycles. The molecule has 120 valence electrons. The van der Waals surface area contributed by atoms with Crippen LogP contribution in [0.3, 0.4) is 0 Å². The highest BCUT2D eigenvalue weighted by atomic mass is 32.1. The first kappa shape index (κ1) is 13.9. The third kappa shape index (κ3) is 1.94. The van der Waals surface area contributed by atoms with E-state index in [1.165, 1.54) is 21.4 Å². The van der Waals surface area contributed by atoms with Gasteiger partial charge in [0.2, 0.25) is 5.82 Å². The van der Waals surface area contributed by atoms with Crippen molar-refractivity contribution in [3.63, 3.8) is 0 Å². The van der Waals surface area contributed by atoms with Crippen LogP contribution in [0.2, 0.25) is 0 Å². The number of rotatable bonds is 1. The summed E-state index contributed by atoms with van der Waals surface area (Å²) < 4.78 is 1.37. The van der Waals surface area contributed by atoms with E-state index in [0.717, 1.165) is 23.1 Å². The first-order valence-electron chi connectivity index (χ1n) is 8.05. The minimum absolute atomic E-state index is 0.251. The van der Waals surface area contributed by atoms with Crippen LogP contribution in [0.4, 0.5) is 0 Å². The zero-order chi connectivity index (χ0) is 16.3. The molecule has 1 unspecified atom stereocenters. The molecule has 1 N–H and O–H groups in total. The van der Waals surface area contributed by atoms with Gasteiger partial charge in [0.1, 0.15) is 10.5 Å². The molecule has 0 bridgehead atoms. The number of fused-ring (bicyclic) bond motifs is 5. The minimum atomic E-state index is -0.251. The van der Waals surface area contributed by atoms with Crippen LogP contribution in [0.5, 0.6) is 0 Å². The number of hydrogen-bond acceptors (Lipinski definition) is 5. The van der Waals surface area contributed by atoms with E-state index in [1.54, 1.807) is 17.5 Å². The SMILES string of the molecule is CC1CCc2c(sc3[nH]c(=O)n4nc(-c5ccccn5)nc4c23)C1. The topological polar surface area (TPSA) is 75.9 Å². The van der Waals surface area contributed by atoms with E-state index in [9.17, 15) is 4.79 Å². The van der Waals surface area contributed by atoms with Gasteiger partial charge in [-0.3, -0.25) is 9.97 Å². The smallest absolute Gasteiger partial charge is 0.297 e. The number of aryl methyl sites for hydroxylation is 1. The Kier molecular flexibility index (Phi) is 2.87. The lowest BCUT2D eigenvalue weighted by Gasteiger charge is -2.17. The second-order valence-electron chi connectivity index (χ2n) is 6.37. The van der Waals surface area contributed by atoms with Crippen LogP contribution >= 0.6 is 11.3 Å². The van der Waals surface area contributed by atoms with Crippen LogP contribution in [-0.4, -0.2) is 24.6 Å². The fourth-order valence-electron chi connectivity index (χ4n) is 3.44. The molecule has 0 spiro atoms. The first-order chi connectivity index (χ1) is 11.7. The summed E-state index contributed by atoms with van der Waals surface area (Å²) in [4.78, 5) is 26.6. The van der Waals surface area contributed by atoms with Crippen LogP contribution in [-0.2, 0) is 12.8 Å². The van der Waals surface area contributed by atoms with E-state index >= 15 is 0 Å². The Hall–Kier alpha value is -2.54. The van der Waals surface area contributed by atoms with Crippen molar-refractivity contribution >= 4 is 27.2 Å². The quantitative estimate of drug-likeness (QED) is 0.579. The maximum Gasteiger partial charge on any atom is 0.349 e. The summed E-state index contributed by atoms with van der Waals surface area (Å²) >= 11 is 1.69. The summed E-state index contributed by atoms with van der Waals surface area (Å²) in [5, 5.41) is 5.43. The molecule has 5 rings (SSSR count).